The third-order valence-electron chi connectivity index (χ3n) is 8.93. The average molecular weight is 544 g/mol. The van der Waals surface area contributed by atoms with E-state index in [-0.39, 0.29) is 0 Å². The first kappa shape index (κ1) is 27.3. The molecule has 0 N–H and O–H groups in total. The zero-order valence-corrected chi connectivity index (χ0v) is 24.6. The van der Waals surface area contributed by atoms with Crippen LogP contribution in [0.25, 0.3) is 27.5 Å². The number of anilines is 1. The van der Waals surface area contributed by atoms with Gasteiger partial charge in [-0.1, -0.05) is 93.6 Å². The van der Waals surface area contributed by atoms with Crippen molar-refractivity contribution >= 4 is 33.3 Å². The molecule has 0 aliphatic carbocycles. The molecule has 0 bridgehead atoms. The van der Waals surface area contributed by atoms with Crippen molar-refractivity contribution in [2.24, 2.45) is 0 Å². The van der Waals surface area contributed by atoms with E-state index in [4.69, 9.17) is 4.98 Å². The quantitative estimate of drug-likeness (QED) is 0.167. The van der Waals surface area contributed by atoms with Crippen LogP contribution >= 0.6 is 0 Å². The van der Waals surface area contributed by atoms with E-state index >= 15 is 0 Å². The van der Waals surface area contributed by atoms with Gasteiger partial charge in [-0.15, -0.1) is 0 Å². The Labute approximate surface area is 244 Å². The number of imidazole rings is 1. The van der Waals surface area contributed by atoms with E-state index in [0.717, 1.165) is 73.4 Å². The molecule has 5 nitrogen and oxygen atoms in total. The lowest BCUT2D eigenvalue weighted by atomic mass is 9.97. The molecule has 41 heavy (non-hydrogen) atoms. The molecule has 3 heterocycles. The van der Waals surface area contributed by atoms with Gasteiger partial charge in [-0.3, -0.25) is 9.30 Å². The third kappa shape index (κ3) is 5.42. The Balaban J connectivity index is 1.32. The van der Waals surface area contributed by atoms with Crippen molar-refractivity contribution in [3.8, 4) is 6.07 Å². The van der Waals surface area contributed by atoms with Crippen LogP contribution in [-0.4, -0.2) is 40.5 Å². The van der Waals surface area contributed by atoms with E-state index in [9.17, 15) is 5.26 Å². The summed E-state index contributed by atoms with van der Waals surface area (Å²) in [5.41, 5.74) is 7.41. The predicted octanol–water partition coefficient (Wildman–Crippen LogP) is 8.05. The van der Waals surface area contributed by atoms with Gasteiger partial charge in [0.25, 0.3) is 0 Å². The fraction of sp³-hybridized carbons (Fsp3) is 0.389. The molecule has 1 fully saturated rings. The summed E-state index contributed by atoms with van der Waals surface area (Å²) in [6, 6.07) is 26.2. The molecule has 5 aromatic rings. The van der Waals surface area contributed by atoms with E-state index in [1.165, 1.54) is 59.8 Å². The molecule has 6 rings (SSSR count). The molecule has 210 valence electrons. The van der Waals surface area contributed by atoms with Gasteiger partial charge in [0.15, 0.2) is 5.65 Å². The second-order valence-corrected chi connectivity index (χ2v) is 11.6. The van der Waals surface area contributed by atoms with Gasteiger partial charge in [0.2, 0.25) is 0 Å². The summed E-state index contributed by atoms with van der Waals surface area (Å²) >= 11 is 0. The van der Waals surface area contributed by atoms with Crippen LogP contribution < -0.4 is 4.90 Å². The lowest BCUT2D eigenvalue weighted by Gasteiger charge is -2.38. The number of benzene rings is 3. The Morgan fingerprint density at radius 2 is 1.56 bits per heavy atom. The number of nitriles is 1. The van der Waals surface area contributed by atoms with Gasteiger partial charge in [0, 0.05) is 32.7 Å². The van der Waals surface area contributed by atoms with Crippen molar-refractivity contribution in [1.82, 2.24) is 14.3 Å². The van der Waals surface area contributed by atoms with Crippen LogP contribution in [0.2, 0.25) is 0 Å². The fourth-order valence-corrected chi connectivity index (χ4v) is 6.67. The van der Waals surface area contributed by atoms with Crippen LogP contribution in [0.4, 0.5) is 5.82 Å². The normalized spacial score (nSPS) is 14.3. The van der Waals surface area contributed by atoms with Gasteiger partial charge < -0.3 is 4.90 Å². The Hall–Kier alpha value is -3.88. The second-order valence-electron chi connectivity index (χ2n) is 11.6. The highest BCUT2D eigenvalue weighted by Gasteiger charge is 2.27. The SMILES string of the molecule is CCCCCCCCc1c(C)c(C#N)c2nc3ccccc3n2c1N1CCN(Cc2cccc3ccccc23)CC1. The number of unbranched alkanes of at least 4 members (excludes halogenated alkanes) is 5. The van der Waals surface area contributed by atoms with Crippen molar-refractivity contribution in [3.63, 3.8) is 0 Å². The minimum absolute atomic E-state index is 0.723. The number of hydrogen-bond acceptors (Lipinski definition) is 4. The van der Waals surface area contributed by atoms with E-state index in [2.05, 4.69) is 94.8 Å². The van der Waals surface area contributed by atoms with E-state index < -0.39 is 0 Å². The summed E-state index contributed by atoms with van der Waals surface area (Å²) < 4.78 is 2.30. The predicted molar refractivity (Wildman–Crippen MR) is 171 cm³/mol. The molecule has 0 atom stereocenters. The summed E-state index contributed by atoms with van der Waals surface area (Å²) in [7, 11) is 0. The van der Waals surface area contributed by atoms with Gasteiger partial charge in [-0.2, -0.15) is 5.26 Å². The Morgan fingerprint density at radius 3 is 2.39 bits per heavy atom. The number of aromatic nitrogens is 2. The Kier molecular flexibility index (Phi) is 8.21. The maximum absolute atomic E-state index is 10.3. The number of piperazine rings is 1. The van der Waals surface area contributed by atoms with Crippen LogP contribution in [0, 0.1) is 18.3 Å². The topological polar surface area (TPSA) is 47.6 Å². The monoisotopic (exact) mass is 543 g/mol. The smallest absolute Gasteiger partial charge is 0.157 e. The highest BCUT2D eigenvalue weighted by Crippen LogP contribution is 2.35. The molecular weight excluding hydrogens is 502 g/mol. The lowest BCUT2D eigenvalue weighted by Crippen LogP contribution is -2.47. The van der Waals surface area contributed by atoms with E-state index in [1.807, 2.05) is 6.07 Å². The van der Waals surface area contributed by atoms with Crippen LogP contribution in [0.5, 0.6) is 0 Å². The molecule has 5 heteroatoms. The first-order valence-electron chi connectivity index (χ1n) is 15.5. The number of para-hydroxylation sites is 2. The Bertz CT molecular complexity index is 1700. The summed E-state index contributed by atoms with van der Waals surface area (Å²) in [6.07, 6.45) is 8.58. The number of rotatable bonds is 10. The number of nitrogens with zero attached hydrogens (tertiary/aromatic N) is 5. The van der Waals surface area contributed by atoms with Gasteiger partial charge in [-0.25, -0.2) is 4.98 Å². The average Bonchev–Trinajstić information content (AvgIpc) is 3.38. The summed E-state index contributed by atoms with van der Waals surface area (Å²) in [6.45, 7) is 9.31. The highest BCUT2D eigenvalue weighted by molar-refractivity contribution is 5.87. The molecule has 2 aromatic heterocycles. The van der Waals surface area contributed by atoms with Crippen molar-refractivity contribution < 1.29 is 0 Å². The minimum atomic E-state index is 0.723. The number of hydrogen-bond donors (Lipinski definition) is 0. The summed E-state index contributed by atoms with van der Waals surface area (Å²) in [5.74, 6) is 1.25. The molecule has 1 aliphatic heterocycles. The molecule has 0 unspecified atom stereocenters. The van der Waals surface area contributed by atoms with Crippen LogP contribution in [0.3, 0.4) is 0 Å². The van der Waals surface area contributed by atoms with Crippen LogP contribution in [0.1, 0.15) is 67.7 Å². The van der Waals surface area contributed by atoms with Crippen molar-refractivity contribution in [1.29, 1.82) is 5.26 Å². The standard InChI is InChI=1S/C36H41N5/c1-3-4-5-6-7-8-17-30-27(2)32(25-37)35-38-33-19-11-12-20-34(33)41(35)36(30)40-23-21-39(22-24-40)26-29-16-13-15-28-14-9-10-18-31(28)29/h9-16,18-20H,3-8,17,21-24,26H2,1-2H3. The molecule has 3 aromatic carbocycles. The minimum Gasteiger partial charge on any atom is -0.355 e. The lowest BCUT2D eigenvalue weighted by molar-refractivity contribution is 0.250. The van der Waals surface area contributed by atoms with Gasteiger partial charge in [-0.05, 0) is 59.4 Å². The molecule has 0 saturated carbocycles. The van der Waals surface area contributed by atoms with E-state index in [1.54, 1.807) is 0 Å². The van der Waals surface area contributed by atoms with E-state index in [0.29, 0.717) is 0 Å². The first-order valence-corrected chi connectivity index (χ1v) is 15.5. The van der Waals surface area contributed by atoms with Crippen molar-refractivity contribution in [3.05, 3.63) is 89.0 Å². The zero-order valence-electron chi connectivity index (χ0n) is 24.6. The largest absolute Gasteiger partial charge is 0.355 e. The van der Waals surface area contributed by atoms with Crippen molar-refractivity contribution in [2.75, 3.05) is 31.1 Å². The van der Waals surface area contributed by atoms with Crippen molar-refractivity contribution in [2.45, 2.75) is 65.3 Å². The first-order chi connectivity index (χ1) is 20.2. The van der Waals surface area contributed by atoms with Gasteiger partial charge >= 0.3 is 0 Å². The second kappa shape index (κ2) is 12.3. The molecule has 0 spiro atoms. The fourth-order valence-electron chi connectivity index (χ4n) is 6.67. The molecule has 0 amide bonds. The number of fused-ring (bicyclic) bond motifs is 4. The summed E-state index contributed by atoms with van der Waals surface area (Å²) in [4.78, 5) is 10.1. The molecule has 1 aliphatic rings. The zero-order chi connectivity index (χ0) is 28.2. The molecule has 0 radical (unpaired) electrons. The maximum Gasteiger partial charge on any atom is 0.157 e. The van der Waals surface area contributed by atoms with Crippen LogP contribution in [-0.2, 0) is 13.0 Å². The number of pyridine rings is 1. The molecular formula is C36H41N5. The van der Waals surface area contributed by atoms with Crippen LogP contribution in [0.15, 0.2) is 66.7 Å². The third-order valence-corrected chi connectivity index (χ3v) is 8.93. The molecule has 1 saturated heterocycles. The summed E-state index contributed by atoms with van der Waals surface area (Å²) in [5, 5.41) is 12.9. The van der Waals surface area contributed by atoms with Gasteiger partial charge in [0.1, 0.15) is 11.9 Å². The maximum atomic E-state index is 10.3. The van der Waals surface area contributed by atoms with Gasteiger partial charge in [0.05, 0.1) is 16.6 Å². The highest BCUT2D eigenvalue weighted by atomic mass is 15.3. The Morgan fingerprint density at radius 1 is 0.829 bits per heavy atom.